The average Bonchev–Trinajstić information content (AvgIpc) is 2.91. The van der Waals surface area contributed by atoms with E-state index in [9.17, 15) is 9.18 Å². The standard InChI is InChI=1S/C19H16FN5O/c20-15-3-1-13(2-4-15)18-16-6-9-25(10-7-17(16)21-12-22-18)19(26)14-5-8-23-24-11-14/h1-5,8,11-12H,6-7,9-10H2. The molecular weight excluding hydrogens is 333 g/mol. The molecule has 1 aliphatic rings. The van der Waals surface area contributed by atoms with E-state index in [1.165, 1.54) is 30.9 Å². The first-order chi connectivity index (χ1) is 12.7. The van der Waals surface area contributed by atoms with Crippen molar-refractivity contribution in [2.75, 3.05) is 13.1 Å². The van der Waals surface area contributed by atoms with Crippen molar-refractivity contribution in [1.29, 1.82) is 0 Å². The number of hydrogen-bond donors (Lipinski definition) is 0. The number of hydrogen-bond acceptors (Lipinski definition) is 5. The summed E-state index contributed by atoms with van der Waals surface area (Å²) in [5, 5.41) is 7.48. The maximum absolute atomic E-state index is 13.2. The number of benzene rings is 1. The fourth-order valence-electron chi connectivity index (χ4n) is 3.19. The van der Waals surface area contributed by atoms with Crippen LogP contribution in [0.2, 0.25) is 0 Å². The number of nitrogens with zero attached hydrogens (tertiary/aromatic N) is 5. The van der Waals surface area contributed by atoms with Crippen molar-refractivity contribution in [3.63, 3.8) is 0 Å². The Labute approximate surface area is 149 Å². The molecule has 1 aromatic carbocycles. The van der Waals surface area contributed by atoms with Crippen LogP contribution in [0.4, 0.5) is 4.39 Å². The van der Waals surface area contributed by atoms with Crippen molar-refractivity contribution >= 4 is 5.91 Å². The van der Waals surface area contributed by atoms with Gasteiger partial charge in [-0.25, -0.2) is 14.4 Å². The maximum atomic E-state index is 13.2. The molecule has 3 heterocycles. The highest BCUT2D eigenvalue weighted by atomic mass is 19.1. The van der Waals surface area contributed by atoms with Gasteiger partial charge >= 0.3 is 0 Å². The predicted octanol–water partition coefficient (Wildman–Crippen LogP) is 2.31. The summed E-state index contributed by atoms with van der Waals surface area (Å²) in [5.41, 5.74) is 4.12. The Bertz CT molecular complexity index is 930. The summed E-state index contributed by atoms with van der Waals surface area (Å²) >= 11 is 0. The van der Waals surface area contributed by atoms with Crippen LogP contribution in [0.1, 0.15) is 21.6 Å². The minimum atomic E-state index is -0.281. The number of fused-ring (bicyclic) bond motifs is 1. The van der Waals surface area contributed by atoms with Gasteiger partial charge in [-0.2, -0.15) is 10.2 Å². The lowest BCUT2D eigenvalue weighted by Gasteiger charge is -2.19. The van der Waals surface area contributed by atoms with E-state index in [-0.39, 0.29) is 11.7 Å². The first kappa shape index (κ1) is 16.3. The number of carbonyl (C=O) groups is 1. The molecule has 0 saturated heterocycles. The lowest BCUT2D eigenvalue weighted by Crippen LogP contribution is -2.33. The third-order valence-electron chi connectivity index (χ3n) is 4.52. The molecule has 0 aliphatic carbocycles. The summed E-state index contributed by atoms with van der Waals surface area (Å²) in [6.07, 6.45) is 5.81. The van der Waals surface area contributed by atoms with E-state index >= 15 is 0 Å². The highest BCUT2D eigenvalue weighted by Crippen LogP contribution is 2.26. The SMILES string of the molecule is O=C(c1ccnnc1)N1CCc2ncnc(-c3ccc(F)cc3)c2CC1. The van der Waals surface area contributed by atoms with Crippen LogP contribution in [0.5, 0.6) is 0 Å². The minimum Gasteiger partial charge on any atom is -0.338 e. The first-order valence-electron chi connectivity index (χ1n) is 8.37. The topological polar surface area (TPSA) is 71.9 Å². The third kappa shape index (κ3) is 3.15. The molecule has 2 aromatic heterocycles. The zero-order valence-corrected chi connectivity index (χ0v) is 14.0. The molecule has 0 unspecified atom stereocenters. The van der Waals surface area contributed by atoms with Gasteiger partial charge in [0.2, 0.25) is 0 Å². The summed E-state index contributed by atoms with van der Waals surface area (Å²) in [4.78, 5) is 23.3. The molecule has 0 bridgehead atoms. The molecule has 1 aliphatic heterocycles. The molecule has 0 radical (unpaired) electrons. The van der Waals surface area contributed by atoms with E-state index in [0.717, 1.165) is 22.5 Å². The third-order valence-corrected chi connectivity index (χ3v) is 4.52. The average molecular weight is 349 g/mol. The Hall–Kier alpha value is -3.22. The number of rotatable bonds is 2. The lowest BCUT2D eigenvalue weighted by molar-refractivity contribution is 0.0762. The number of amides is 1. The van der Waals surface area contributed by atoms with Crippen molar-refractivity contribution in [2.24, 2.45) is 0 Å². The summed E-state index contributed by atoms with van der Waals surface area (Å²) in [5.74, 6) is -0.347. The Morgan fingerprint density at radius 3 is 2.58 bits per heavy atom. The molecule has 26 heavy (non-hydrogen) atoms. The molecule has 1 amide bonds. The zero-order valence-electron chi connectivity index (χ0n) is 14.0. The lowest BCUT2D eigenvalue weighted by atomic mass is 10.0. The highest BCUT2D eigenvalue weighted by molar-refractivity contribution is 5.93. The van der Waals surface area contributed by atoms with Gasteiger partial charge < -0.3 is 4.90 Å². The van der Waals surface area contributed by atoms with Gasteiger partial charge in [-0.15, -0.1) is 0 Å². The van der Waals surface area contributed by atoms with Gasteiger partial charge in [-0.1, -0.05) is 0 Å². The second-order valence-corrected chi connectivity index (χ2v) is 6.08. The van der Waals surface area contributed by atoms with Gasteiger partial charge in [-0.05, 0) is 36.8 Å². The highest BCUT2D eigenvalue weighted by Gasteiger charge is 2.23. The molecular formula is C19H16FN5O. The quantitative estimate of drug-likeness (QED) is 0.710. The summed E-state index contributed by atoms with van der Waals surface area (Å²) in [7, 11) is 0. The molecule has 4 rings (SSSR count). The van der Waals surface area contributed by atoms with E-state index in [2.05, 4.69) is 20.2 Å². The van der Waals surface area contributed by atoms with Crippen molar-refractivity contribution in [3.8, 4) is 11.3 Å². The van der Waals surface area contributed by atoms with E-state index in [1.807, 2.05) is 0 Å². The Kier molecular flexibility index (Phi) is 4.35. The van der Waals surface area contributed by atoms with Gasteiger partial charge in [0.25, 0.3) is 5.91 Å². The van der Waals surface area contributed by atoms with Crippen molar-refractivity contribution in [3.05, 3.63) is 71.7 Å². The molecule has 7 heteroatoms. The Morgan fingerprint density at radius 1 is 1.00 bits per heavy atom. The smallest absolute Gasteiger partial charge is 0.255 e. The molecule has 0 fully saturated rings. The number of carbonyl (C=O) groups excluding carboxylic acids is 1. The molecule has 0 atom stereocenters. The van der Waals surface area contributed by atoms with Crippen LogP contribution < -0.4 is 0 Å². The van der Waals surface area contributed by atoms with E-state index in [0.29, 0.717) is 31.5 Å². The van der Waals surface area contributed by atoms with Crippen LogP contribution in [-0.4, -0.2) is 44.1 Å². The van der Waals surface area contributed by atoms with Crippen LogP contribution in [0, 0.1) is 5.82 Å². The maximum Gasteiger partial charge on any atom is 0.255 e. The van der Waals surface area contributed by atoms with Crippen LogP contribution in [0.3, 0.4) is 0 Å². The van der Waals surface area contributed by atoms with E-state index in [4.69, 9.17) is 0 Å². The van der Waals surface area contributed by atoms with Gasteiger partial charge in [-0.3, -0.25) is 4.79 Å². The summed E-state index contributed by atoms with van der Waals surface area (Å²) in [6.45, 7) is 1.14. The van der Waals surface area contributed by atoms with Gasteiger partial charge in [0.1, 0.15) is 12.1 Å². The van der Waals surface area contributed by atoms with E-state index < -0.39 is 0 Å². The van der Waals surface area contributed by atoms with E-state index in [1.54, 1.807) is 23.1 Å². The Balaban J connectivity index is 1.61. The molecule has 130 valence electrons. The van der Waals surface area contributed by atoms with Gasteiger partial charge in [0.15, 0.2) is 0 Å². The molecule has 6 nitrogen and oxygen atoms in total. The van der Waals surface area contributed by atoms with Crippen LogP contribution in [-0.2, 0) is 12.8 Å². The van der Waals surface area contributed by atoms with Crippen LogP contribution in [0.25, 0.3) is 11.3 Å². The van der Waals surface area contributed by atoms with Crippen molar-refractivity contribution in [2.45, 2.75) is 12.8 Å². The predicted molar refractivity (Wildman–Crippen MR) is 92.8 cm³/mol. The van der Waals surface area contributed by atoms with Crippen LogP contribution >= 0.6 is 0 Å². The van der Waals surface area contributed by atoms with Gasteiger partial charge in [0, 0.05) is 36.3 Å². The molecule has 0 saturated carbocycles. The van der Waals surface area contributed by atoms with Crippen molar-refractivity contribution < 1.29 is 9.18 Å². The normalized spacial score (nSPS) is 13.8. The molecule has 0 N–H and O–H groups in total. The number of halogens is 1. The fourth-order valence-corrected chi connectivity index (χ4v) is 3.19. The first-order valence-corrected chi connectivity index (χ1v) is 8.37. The monoisotopic (exact) mass is 349 g/mol. The minimum absolute atomic E-state index is 0.0657. The van der Waals surface area contributed by atoms with Crippen molar-refractivity contribution in [1.82, 2.24) is 25.1 Å². The van der Waals surface area contributed by atoms with Gasteiger partial charge in [0.05, 0.1) is 23.7 Å². The Morgan fingerprint density at radius 2 is 1.81 bits per heavy atom. The fraction of sp³-hybridized carbons (Fsp3) is 0.211. The number of aromatic nitrogens is 4. The molecule has 3 aromatic rings. The van der Waals surface area contributed by atoms with Crippen LogP contribution in [0.15, 0.2) is 49.1 Å². The summed E-state index contributed by atoms with van der Waals surface area (Å²) in [6, 6.07) is 7.94. The second kappa shape index (κ2) is 6.95. The molecule has 0 spiro atoms. The second-order valence-electron chi connectivity index (χ2n) is 6.08. The summed E-state index contributed by atoms with van der Waals surface area (Å²) < 4.78 is 13.2. The largest absolute Gasteiger partial charge is 0.338 e. The zero-order chi connectivity index (χ0) is 17.9.